The summed E-state index contributed by atoms with van der Waals surface area (Å²) in [5, 5.41) is 0. The van der Waals surface area contributed by atoms with Gasteiger partial charge < -0.3 is 4.74 Å². The highest BCUT2D eigenvalue weighted by atomic mass is 19.2. The van der Waals surface area contributed by atoms with Crippen LogP contribution in [0.25, 0.3) is 0 Å². The fourth-order valence-corrected chi connectivity index (χ4v) is 1.84. The summed E-state index contributed by atoms with van der Waals surface area (Å²) in [5.41, 5.74) is 0.0769. The topological polar surface area (TPSA) is 29.5 Å². The van der Waals surface area contributed by atoms with Gasteiger partial charge in [-0.1, -0.05) is 12.0 Å². The molecule has 1 aromatic rings. The van der Waals surface area contributed by atoms with Crippen LogP contribution in [0.5, 0.6) is 0 Å². The Morgan fingerprint density at radius 2 is 2.00 bits per heavy atom. The van der Waals surface area contributed by atoms with Crippen LogP contribution in [-0.4, -0.2) is 29.7 Å². The quantitative estimate of drug-likeness (QED) is 0.775. The largest absolute Gasteiger partial charge is 0.444 e. The van der Waals surface area contributed by atoms with E-state index >= 15 is 0 Å². The first kappa shape index (κ1) is 18.0. The number of nitrogens with zero attached hydrogens (tertiary/aromatic N) is 1. The third kappa shape index (κ3) is 6.13. The zero-order valence-corrected chi connectivity index (χ0v) is 13.2. The van der Waals surface area contributed by atoms with E-state index in [9.17, 15) is 13.6 Å². The summed E-state index contributed by atoms with van der Waals surface area (Å²) in [4.78, 5) is 13.4. The molecule has 0 saturated heterocycles. The van der Waals surface area contributed by atoms with E-state index in [2.05, 4.69) is 5.92 Å². The predicted molar refractivity (Wildman–Crippen MR) is 81.3 cm³/mol. The van der Waals surface area contributed by atoms with Crippen molar-refractivity contribution in [1.82, 2.24) is 4.90 Å². The van der Waals surface area contributed by atoms with Crippen LogP contribution in [0.3, 0.4) is 0 Å². The molecular weight excluding hydrogens is 288 g/mol. The molecule has 1 aromatic carbocycles. The van der Waals surface area contributed by atoms with Crippen molar-refractivity contribution < 1.29 is 18.3 Å². The summed E-state index contributed by atoms with van der Waals surface area (Å²) < 4.78 is 31.2. The third-order valence-corrected chi connectivity index (χ3v) is 2.81. The van der Waals surface area contributed by atoms with E-state index in [0.717, 1.165) is 12.1 Å². The van der Waals surface area contributed by atoms with Gasteiger partial charge in [-0.2, -0.15) is 0 Å². The number of hydrogen-bond donors (Lipinski definition) is 0. The van der Waals surface area contributed by atoms with Crippen molar-refractivity contribution in [2.24, 2.45) is 0 Å². The fourth-order valence-electron chi connectivity index (χ4n) is 1.84. The molecule has 0 spiro atoms. The number of rotatable bonds is 5. The smallest absolute Gasteiger partial charge is 0.411 e. The second-order valence-electron chi connectivity index (χ2n) is 5.96. The van der Waals surface area contributed by atoms with E-state index < -0.39 is 23.3 Å². The Bertz CT molecular complexity index is 559. The Morgan fingerprint density at radius 3 is 2.55 bits per heavy atom. The molecule has 1 rings (SSSR count). The van der Waals surface area contributed by atoms with Gasteiger partial charge in [-0.15, -0.1) is 6.42 Å². The van der Waals surface area contributed by atoms with Crippen LogP contribution in [0.15, 0.2) is 18.2 Å². The molecule has 0 unspecified atom stereocenters. The van der Waals surface area contributed by atoms with Gasteiger partial charge in [0.05, 0.1) is 6.54 Å². The Kier molecular flexibility index (Phi) is 6.36. The Labute approximate surface area is 130 Å². The summed E-state index contributed by atoms with van der Waals surface area (Å²) in [6.45, 7) is 5.87. The molecule has 22 heavy (non-hydrogen) atoms. The van der Waals surface area contributed by atoms with E-state index in [-0.39, 0.29) is 6.54 Å². The lowest BCUT2D eigenvalue weighted by atomic mass is 10.1. The van der Waals surface area contributed by atoms with Gasteiger partial charge in [0.2, 0.25) is 0 Å². The van der Waals surface area contributed by atoms with Gasteiger partial charge in [0, 0.05) is 6.54 Å². The van der Waals surface area contributed by atoms with Crippen LogP contribution >= 0.6 is 0 Å². The summed E-state index contributed by atoms with van der Waals surface area (Å²) in [7, 11) is 0. The minimum Gasteiger partial charge on any atom is -0.444 e. The molecule has 5 heteroatoms. The number of hydrogen-bond acceptors (Lipinski definition) is 2. The number of ether oxygens (including phenoxy) is 1. The van der Waals surface area contributed by atoms with Gasteiger partial charge in [-0.3, -0.25) is 4.90 Å². The van der Waals surface area contributed by atoms with E-state index in [1.54, 1.807) is 20.8 Å². The summed E-state index contributed by atoms with van der Waals surface area (Å²) in [6, 6.07) is 3.78. The number of amides is 1. The number of halogens is 2. The molecule has 0 aliphatic carbocycles. The molecule has 0 aromatic heterocycles. The zero-order valence-electron chi connectivity index (χ0n) is 13.2. The van der Waals surface area contributed by atoms with Crippen molar-refractivity contribution in [2.75, 3.05) is 13.1 Å². The second kappa shape index (κ2) is 7.79. The van der Waals surface area contributed by atoms with E-state index in [4.69, 9.17) is 11.2 Å². The molecule has 0 aliphatic rings. The minimum atomic E-state index is -0.870. The normalized spacial score (nSPS) is 10.9. The lowest BCUT2D eigenvalue weighted by molar-refractivity contribution is 0.0273. The molecule has 0 radical (unpaired) electrons. The van der Waals surface area contributed by atoms with E-state index in [0.29, 0.717) is 24.9 Å². The van der Waals surface area contributed by atoms with Crippen molar-refractivity contribution >= 4 is 6.09 Å². The highest BCUT2D eigenvalue weighted by molar-refractivity contribution is 5.68. The molecule has 1 amide bonds. The first-order valence-electron chi connectivity index (χ1n) is 7.08. The Morgan fingerprint density at radius 1 is 1.32 bits per heavy atom. The average Bonchev–Trinajstić information content (AvgIpc) is 2.40. The Hall–Kier alpha value is -2.09. The number of carbonyl (C=O) groups excluding carboxylic acids is 1. The highest BCUT2D eigenvalue weighted by Crippen LogP contribution is 2.13. The first-order valence-corrected chi connectivity index (χ1v) is 7.08. The summed E-state index contributed by atoms with van der Waals surface area (Å²) in [5.74, 6) is 0.676. The summed E-state index contributed by atoms with van der Waals surface area (Å²) in [6.07, 6.45) is 5.87. The zero-order chi connectivity index (χ0) is 16.8. The number of carbonyl (C=O) groups is 1. The molecule has 0 atom stereocenters. The number of aryl methyl sites for hydroxylation is 1. The summed E-state index contributed by atoms with van der Waals surface area (Å²) >= 11 is 0. The van der Waals surface area contributed by atoms with Gasteiger partial charge in [0.1, 0.15) is 5.60 Å². The fraction of sp³-hybridized carbons (Fsp3) is 0.471. The number of terminal acetylenes is 1. The van der Waals surface area contributed by atoms with Crippen LogP contribution in [0, 0.1) is 24.0 Å². The van der Waals surface area contributed by atoms with Gasteiger partial charge in [0.15, 0.2) is 11.6 Å². The Balaban J connectivity index is 2.55. The lowest BCUT2D eigenvalue weighted by Crippen LogP contribution is -2.37. The molecule has 3 nitrogen and oxygen atoms in total. The van der Waals surface area contributed by atoms with Crippen LogP contribution < -0.4 is 0 Å². The maximum atomic E-state index is 13.1. The standard InChI is InChI=1S/C17H21F2NO2/c1-5-10-20(16(21)22-17(2,3)4)11-6-7-13-8-9-14(18)15(19)12-13/h1,8-9,12H,6-7,10-11H2,2-4H3. The predicted octanol–water partition coefficient (Wildman–Crippen LogP) is 3.77. The van der Waals surface area contributed by atoms with Crippen molar-refractivity contribution in [3.63, 3.8) is 0 Å². The molecule has 0 heterocycles. The van der Waals surface area contributed by atoms with Gasteiger partial charge in [-0.25, -0.2) is 13.6 Å². The van der Waals surface area contributed by atoms with Crippen LogP contribution in [-0.2, 0) is 11.2 Å². The van der Waals surface area contributed by atoms with E-state index in [1.165, 1.54) is 11.0 Å². The highest BCUT2D eigenvalue weighted by Gasteiger charge is 2.21. The molecule has 0 fully saturated rings. The van der Waals surface area contributed by atoms with Crippen molar-refractivity contribution in [3.05, 3.63) is 35.4 Å². The third-order valence-electron chi connectivity index (χ3n) is 2.81. The number of benzene rings is 1. The van der Waals surface area contributed by atoms with Crippen LogP contribution in [0.2, 0.25) is 0 Å². The van der Waals surface area contributed by atoms with E-state index in [1.807, 2.05) is 0 Å². The van der Waals surface area contributed by atoms with Crippen molar-refractivity contribution in [2.45, 2.75) is 39.2 Å². The SMILES string of the molecule is C#CCN(CCCc1ccc(F)c(F)c1)C(=O)OC(C)(C)C. The van der Waals surface area contributed by atoms with Crippen LogP contribution in [0.1, 0.15) is 32.8 Å². The molecule has 0 bridgehead atoms. The van der Waals surface area contributed by atoms with Crippen LogP contribution in [0.4, 0.5) is 13.6 Å². The molecule has 120 valence electrons. The first-order chi connectivity index (χ1) is 10.2. The minimum absolute atomic E-state index is 0.146. The van der Waals surface area contributed by atoms with Gasteiger partial charge in [0.25, 0.3) is 0 Å². The van der Waals surface area contributed by atoms with Crippen molar-refractivity contribution in [1.29, 1.82) is 0 Å². The molecule has 0 saturated carbocycles. The maximum absolute atomic E-state index is 13.1. The van der Waals surface area contributed by atoms with Gasteiger partial charge in [-0.05, 0) is 51.3 Å². The maximum Gasteiger partial charge on any atom is 0.411 e. The van der Waals surface area contributed by atoms with Crippen molar-refractivity contribution in [3.8, 4) is 12.3 Å². The molecular formula is C17H21F2NO2. The van der Waals surface area contributed by atoms with Gasteiger partial charge >= 0.3 is 6.09 Å². The average molecular weight is 309 g/mol. The second-order valence-corrected chi connectivity index (χ2v) is 5.96. The molecule has 0 N–H and O–H groups in total. The molecule has 0 aliphatic heterocycles. The lowest BCUT2D eigenvalue weighted by Gasteiger charge is -2.26. The monoisotopic (exact) mass is 309 g/mol.